The van der Waals surface area contributed by atoms with Gasteiger partial charge in [0.1, 0.15) is 4.88 Å². The molecule has 0 saturated heterocycles. The Morgan fingerprint density at radius 3 is 2.87 bits per heavy atom. The van der Waals surface area contributed by atoms with E-state index in [0.29, 0.717) is 23.1 Å². The Labute approximate surface area is 93.2 Å². The number of rotatable bonds is 3. The molecule has 1 aromatic rings. The van der Waals surface area contributed by atoms with Crippen LogP contribution in [-0.2, 0) is 4.74 Å². The zero-order valence-corrected chi connectivity index (χ0v) is 9.60. The summed E-state index contributed by atoms with van der Waals surface area (Å²) in [6.45, 7) is 2.47. The van der Waals surface area contributed by atoms with E-state index < -0.39 is 0 Å². The molecule has 0 aromatic carbocycles. The van der Waals surface area contributed by atoms with Crippen LogP contribution >= 0.6 is 11.3 Å². The van der Waals surface area contributed by atoms with E-state index in [-0.39, 0.29) is 5.97 Å². The van der Waals surface area contributed by atoms with Crippen LogP contribution in [0.3, 0.4) is 0 Å². The second-order valence-corrected chi connectivity index (χ2v) is 5.27. The van der Waals surface area contributed by atoms with Crippen LogP contribution in [0.25, 0.3) is 0 Å². The molecule has 0 atom stereocenters. The van der Waals surface area contributed by atoms with Gasteiger partial charge < -0.3 is 10.5 Å². The molecule has 2 N–H and O–H groups in total. The summed E-state index contributed by atoms with van der Waals surface area (Å²) in [6.07, 6.45) is 3.66. The number of carbonyl (C=O) groups is 1. The van der Waals surface area contributed by atoms with Gasteiger partial charge in [0.15, 0.2) is 0 Å². The van der Waals surface area contributed by atoms with Gasteiger partial charge in [-0.25, -0.2) is 4.79 Å². The predicted molar refractivity (Wildman–Crippen MR) is 61.1 cm³/mol. The van der Waals surface area contributed by atoms with Gasteiger partial charge in [-0.15, -0.1) is 11.3 Å². The van der Waals surface area contributed by atoms with Crippen LogP contribution in [0, 0.1) is 12.8 Å². The third kappa shape index (κ3) is 2.31. The zero-order valence-electron chi connectivity index (χ0n) is 8.79. The maximum absolute atomic E-state index is 11.6. The van der Waals surface area contributed by atoms with E-state index in [0.717, 1.165) is 4.88 Å². The molecule has 1 aliphatic rings. The molecule has 0 spiro atoms. The highest BCUT2D eigenvalue weighted by Crippen LogP contribution is 2.28. The summed E-state index contributed by atoms with van der Waals surface area (Å²) in [6, 6.07) is 1.70. The van der Waals surface area contributed by atoms with E-state index in [1.807, 2.05) is 6.92 Å². The fourth-order valence-electron chi connectivity index (χ4n) is 1.52. The fourth-order valence-corrected chi connectivity index (χ4v) is 2.36. The highest BCUT2D eigenvalue weighted by molar-refractivity contribution is 7.14. The van der Waals surface area contributed by atoms with Crippen molar-refractivity contribution in [3.05, 3.63) is 15.8 Å². The van der Waals surface area contributed by atoms with Crippen molar-refractivity contribution >= 4 is 23.0 Å². The molecule has 0 unspecified atom stereocenters. The topological polar surface area (TPSA) is 52.3 Å². The van der Waals surface area contributed by atoms with Crippen molar-refractivity contribution in [1.29, 1.82) is 0 Å². The second-order valence-electron chi connectivity index (χ2n) is 4.02. The lowest BCUT2D eigenvalue weighted by Crippen LogP contribution is -2.19. The van der Waals surface area contributed by atoms with Crippen molar-refractivity contribution in [2.45, 2.75) is 26.2 Å². The number of nitrogen functional groups attached to an aromatic ring is 1. The number of ether oxygens (including phenoxy) is 1. The van der Waals surface area contributed by atoms with Gasteiger partial charge in [0.2, 0.25) is 0 Å². The van der Waals surface area contributed by atoms with E-state index in [4.69, 9.17) is 10.5 Å². The van der Waals surface area contributed by atoms with Gasteiger partial charge in [-0.3, -0.25) is 0 Å². The van der Waals surface area contributed by atoms with Crippen molar-refractivity contribution in [2.75, 3.05) is 12.3 Å². The minimum atomic E-state index is -0.230. The molecular weight excluding hydrogens is 210 g/mol. The summed E-state index contributed by atoms with van der Waals surface area (Å²) in [4.78, 5) is 13.2. The Hall–Kier alpha value is -1.03. The number of thiophene rings is 1. The number of carbonyl (C=O) groups excluding carboxylic acids is 1. The molecule has 0 radical (unpaired) electrons. The van der Waals surface area contributed by atoms with Crippen LogP contribution in [-0.4, -0.2) is 12.6 Å². The van der Waals surface area contributed by atoms with Crippen molar-refractivity contribution in [1.82, 2.24) is 0 Å². The molecule has 1 fully saturated rings. The Balaban J connectivity index is 1.89. The van der Waals surface area contributed by atoms with E-state index in [1.54, 1.807) is 6.07 Å². The molecular formula is C11H15NO2S. The molecule has 1 saturated carbocycles. The maximum atomic E-state index is 11.6. The lowest BCUT2D eigenvalue weighted by Gasteiger charge is -2.24. The fraction of sp³-hybridized carbons (Fsp3) is 0.545. The van der Waals surface area contributed by atoms with Gasteiger partial charge in [0.25, 0.3) is 0 Å². The van der Waals surface area contributed by atoms with E-state index >= 15 is 0 Å². The van der Waals surface area contributed by atoms with E-state index in [2.05, 4.69) is 0 Å². The molecule has 0 bridgehead atoms. The van der Waals surface area contributed by atoms with Crippen molar-refractivity contribution < 1.29 is 9.53 Å². The smallest absolute Gasteiger partial charge is 0.348 e. The highest BCUT2D eigenvalue weighted by Gasteiger charge is 2.20. The van der Waals surface area contributed by atoms with Crippen molar-refractivity contribution in [3.8, 4) is 0 Å². The molecule has 1 heterocycles. The average molecular weight is 225 g/mol. The van der Waals surface area contributed by atoms with Crippen LogP contribution in [0.5, 0.6) is 0 Å². The van der Waals surface area contributed by atoms with Crippen molar-refractivity contribution in [3.63, 3.8) is 0 Å². The third-order valence-corrected chi connectivity index (χ3v) is 3.88. The lowest BCUT2D eigenvalue weighted by molar-refractivity contribution is 0.0377. The molecule has 4 heteroatoms. The highest BCUT2D eigenvalue weighted by atomic mass is 32.1. The summed E-state index contributed by atoms with van der Waals surface area (Å²) in [5.74, 6) is 0.360. The summed E-state index contributed by atoms with van der Waals surface area (Å²) in [5, 5.41) is 0. The minimum absolute atomic E-state index is 0.230. The molecule has 1 aromatic heterocycles. The number of hydrogen-bond acceptors (Lipinski definition) is 4. The van der Waals surface area contributed by atoms with Gasteiger partial charge in [-0.05, 0) is 31.7 Å². The molecule has 0 amide bonds. The predicted octanol–water partition coefficient (Wildman–Crippen LogP) is 2.60. The number of nitrogens with two attached hydrogens (primary N) is 1. The molecule has 0 aliphatic heterocycles. The summed E-state index contributed by atoms with van der Waals surface area (Å²) in [7, 11) is 0. The first-order chi connectivity index (χ1) is 7.16. The van der Waals surface area contributed by atoms with Gasteiger partial charge in [0, 0.05) is 10.6 Å². The average Bonchev–Trinajstić information content (AvgIpc) is 2.44. The van der Waals surface area contributed by atoms with Gasteiger partial charge in [-0.1, -0.05) is 6.42 Å². The number of esters is 1. The van der Waals surface area contributed by atoms with Crippen LogP contribution in [0.2, 0.25) is 0 Å². The Morgan fingerprint density at radius 2 is 2.40 bits per heavy atom. The number of anilines is 1. The SMILES string of the molecule is Cc1sc(C(=O)OCC2CCC2)cc1N. The van der Waals surface area contributed by atoms with Gasteiger partial charge >= 0.3 is 5.97 Å². The summed E-state index contributed by atoms with van der Waals surface area (Å²) in [5.41, 5.74) is 6.35. The van der Waals surface area contributed by atoms with Crippen LogP contribution in [0.15, 0.2) is 6.07 Å². The quantitative estimate of drug-likeness (QED) is 0.804. The van der Waals surface area contributed by atoms with E-state index in [1.165, 1.54) is 30.6 Å². The lowest BCUT2D eigenvalue weighted by atomic mass is 9.86. The largest absolute Gasteiger partial charge is 0.461 e. The third-order valence-electron chi connectivity index (χ3n) is 2.83. The minimum Gasteiger partial charge on any atom is -0.461 e. The first-order valence-electron chi connectivity index (χ1n) is 5.20. The normalized spacial score (nSPS) is 16.1. The number of hydrogen-bond donors (Lipinski definition) is 1. The molecule has 82 valence electrons. The monoisotopic (exact) mass is 225 g/mol. The summed E-state index contributed by atoms with van der Waals surface area (Å²) < 4.78 is 5.22. The van der Waals surface area contributed by atoms with Crippen LogP contribution in [0.1, 0.15) is 33.8 Å². The Bertz CT molecular complexity index is 349. The zero-order chi connectivity index (χ0) is 10.8. The summed E-state index contributed by atoms with van der Waals surface area (Å²) >= 11 is 1.40. The molecule has 1 aliphatic carbocycles. The second kappa shape index (κ2) is 4.23. The van der Waals surface area contributed by atoms with Crippen molar-refractivity contribution in [2.24, 2.45) is 5.92 Å². The van der Waals surface area contributed by atoms with E-state index in [9.17, 15) is 4.79 Å². The first-order valence-corrected chi connectivity index (χ1v) is 6.01. The number of aryl methyl sites for hydroxylation is 1. The van der Waals surface area contributed by atoms with Gasteiger partial charge in [-0.2, -0.15) is 0 Å². The molecule has 2 rings (SSSR count). The van der Waals surface area contributed by atoms with Gasteiger partial charge in [0.05, 0.1) is 6.61 Å². The first kappa shape index (κ1) is 10.5. The Kier molecular flexibility index (Phi) is 2.95. The van der Waals surface area contributed by atoms with Crippen LogP contribution < -0.4 is 5.73 Å². The van der Waals surface area contributed by atoms with Crippen LogP contribution in [0.4, 0.5) is 5.69 Å². The maximum Gasteiger partial charge on any atom is 0.348 e. The standard InChI is InChI=1S/C11H15NO2S/c1-7-9(12)5-10(15-7)11(13)14-6-8-3-2-4-8/h5,8H,2-4,6,12H2,1H3. The molecule has 3 nitrogen and oxygen atoms in total. The Morgan fingerprint density at radius 1 is 1.67 bits per heavy atom. The molecule has 15 heavy (non-hydrogen) atoms.